The number of carbonyl (C=O) groups is 2. The van der Waals surface area contributed by atoms with Crippen molar-refractivity contribution in [2.75, 3.05) is 23.8 Å². The van der Waals surface area contributed by atoms with Crippen LogP contribution in [0.15, 0.2) is 18.6 Å². The Hall–Kier alpha value is -2.64. The van der Waals surface area contributed by atoms with E-state index in [0.717, 1.165) is 0 Å². The van der Waals surface area contributed by atoms with Gasteiger partial charge in [-0.05, 0) is 6.92 Å². The molecule has 0 radical (unpaired) electrons. The van der Waals surface area contributed by atoms with Crippen molar-refractivity contribution in [1.29, 1.82) is 0 Å². The van der Waals surface area contributed by atoms with Crippen LogP contribution in [0.2, 0.25) is 0 Å². The van der Waals surface area contributed by atoms with Crippen molar-refractivity contribution in [1.82, 2.24) is 19.7 Å². The highest BCUT2D eigenvalue weighted by atomic mass is 16.2. The summed E-state index contributed by atoms with van der Waals surface area (Å²) in [6.07, 6.45) is 5.23. The molecule has 0 bridgehead atoms. The van der Waals surface area contributed by atoms with Crippen molar-refractivity contribution in [3.05, 3.63) is 18.6 Å². The van der Waals surface area contributed by atoms with Gasteiger partial charge in [0.15, 0.2) is 11.5 Å². The molecule has 2 aromatic rings. The highest BCUT2D eigenvalue weighted by Gasteiger charge is 2.32. The molecule has 2 amide bonds. The maximum atomic E-state index is 11.8. The summed E-state index contributed by atoms with van der Waals surface area (Å²) in [5, 5.41) is 5.26. The Labute approximate surface area is 114 Å². The van der Waals surface area contributed by atoms with Gasteiger partial charge >= 0.3 is 0 Å². The zero-order valence-electron chi connectivity index (χ0n) is 11.1. The largest absolute Gasteiger partial charge is 0.372 e. The number of carbonyl (C=O) groups excluding carboxylic acids is 2. The molecule has 8 nitrogen and oxygen atoms in total. The van der Waals surface area contributed by atoms with Gasteiger partial charge in [0.25, 0.3) is 0 Å². The average Bonchev–Trinajstić information content (AvgIpc) is 2.90. The fraction of sp³-hybridized carbons (Fsp3) is 0.333. The summed E-state index contributed by atoms with van der Waals surface area (Å²) in [4.78, 5) is 33.7. The molecule has 0 aromatic carbocycles. The minimum Gasteiger partial charge on any atom is -0.372 e. The topological polar surface area (TPSA) is 91.6 Å². The summed E-state index contributed by atoms with van der Waals surface area (Å²) in [7, 11) is 1.76. The van der Waals surface area contributed by atoms with Gasteiger partial charge in [0.2, 0.25) is 11.8 Å². The van der Waals surface area contributed by atoms with Crippen molar-refractivity contribution < 1.29 is 9.59 Å². The Bertz CT molecular complexity index is 694. The van der Waals surface area contributed by atoms with Crippen molar-refractivity contribution in [2.45, 2.75) is 13.0 Å². The number of hydrogen-bond acceptors (Lipinski definition) is 6. The van der Waals surface area contributed by atoms with Crippen molar-refractivity contribution >= 4 is 29.1 Å². The fourth-order valence-corrected chi connectivity index (χ4v) is 2.20. The van der Waals surface area contributed by atoms with Crippen LogP contribution in [0.5, 0.6) is 0 Å². The molecule has 1 aliphatic heterocycles. The van der Waals surface area contributed by atoms with Gasteiger partial charge in [0, 0.05) is 19.4 Å². The van der Waals surface area contributed by atoms with E-state index < -0.39 is 6.04 Å². The molecule has 0 saturated carbocycles. The molecule has 2 aromatic heterocycles. The minimum atomic E-state index is -0.479. The highest BCUT2D eigenvalue weighted by Crippen LogP contribution is 2.23. The molecule has 0 spiro atoms. The molecule has 1 atom stereocenters. The van der Waals surface area contributed by atoms with Gasteiger partial charge in [-0.1, -0.05) is 0 Å². The number of imidazole rings is 1. The zero-order chi connectivity index (χ0) is 14.3. The molecular formula is C12H14N6O2. The lowest BCUT2D eigenvalue weighted by molar-refractivity contribution is -0.132. The molecule has 1 unspecified atom stereocenters. The lowest BCUT2D eigenvalue weighted by Gasteiger charge is -2.32. The maximum Gasteiger partial charge on any atom is 0.249 e. The lowest BCUT2D eigenvalue weighted by atomic mass is 10.2. The van der Waals surface area contributed by atoms with Crippen molar-refractivity contribution in [2.24, 2.45) is 0 Å². The molecule has 1 fully saturated rings. The van der Waals surface area contributed by atoms with Crippen LogP contribution < -0.4 is 15.5 Å². The van der Waals surface area contributed by atoms with Crippen LogP contribution in [0.1, 0.15) is 6.92 Å². The number of nitrogens with zero attached hydrogens (tertiary/aromatic N) is 4. The maximum absolute atomic E-state index is 11.8. The van der Waals surface area contributed by atoms with E-state index in [2.05, 4.69) is 20.6 Å². The number of fused-ring (bicyclic) bond motifs is 1. The number of anilines is 2. The molecular weight excluding hydrogens is 260 g/mol. The predicted molar refractivity (Wildman–Crippen MR) is 72.5 cm³/mol. The van der Waals surface area contributed by atoms with Crippen LogP contribution in [0.3, 0.4) is 0 Å². The standard InChI is InChI=1S/C12H14N6O2/c1-7-12(20)16-9(19)6-18(7)11-10-14-3-4-17(10)5-8(13-2)15-11/h3-5,7,13H,6H2,1-2H3,(H,16,19,20). The fourth-order valence-electron chi connectivity index (χ4n) is 2.20. The Morgan fingerprint density at radius 3 is 3.00 bits per heavy atom. The van der Waals surface area contributed by atoms with E-state index >= 15 is 0 Å². The van der Waals surface area contributed by atoms with Crippen LogP contribution in [0, 0.1) is 0 Å². The smallest absolute Gasteiger partial charge is 0.249 e. The number of hydrogen-bond donors (Lipinski definition) is 2. The van der Waals surface area contributed by atoms with Gasteiger partial charge in [0.1, 0.15) is 11.9 Å². The number of amides is 2. The molecule has 104 valence electrons. The van der Waals surface area contributed by atoms with E-state index in [9.17, 15) is 9.59 Å². The van der Waals surface area contributed by atoms with Crippen LogP contribution in [-0.2, 0) is 9.59 Å². The van der Waals surface area contributed by atoms with Gasteiger partial charge in [-0.25, -0.2) is 9.97 Å². The average molecular weight is 274 g/mol. The van der Waals surface area contributed by atoms with E-state index in [0.29, 0.717) is 17.3 Å². The van der Waals surface area contributed by atoms with Gasteiger partial charge in [0.05, 0.1) is 12.7 Å². The van der Waals surface area contributed by atoms with Crippen LogP contribution in [0.4, 0.5) is 11.6 Å². The van der Waals surface area contributed by atoms with E-state index in [-0.39, 0.29) is 18.4 Å². The minimum absolute atomic E-state index is 0.0790. The first-order valence-electron chi connectivity index (χ1n) is 6.22. The van der Waals surface area contributed by atoms with E-state index in [1.165, 1.54) is 0 Å². The van der Waals surface area contributed by atoms with Gasteiger partial charge in [-0.2, -0.15) is 0 Å². The molecule has 2 N–H and O–H groups in total. The molecule has 3 heterocycles. The summed E-state index contributed by atoms with van der Waals surface area (Å²) in [6, 6.07) is -0.479. The normalized spacial score (nSPS) is 19.3. The van der Waals surface area contributed by atoms with Gasteiger partial charge in [-0.3, -0.25) is 14.9 Å². The molecule has 8 heteroatoms. The monoisotopic (exact) mass is 274 g/mol. The predicted octanol–water partition coefficient (Wildman–Crippen LogP) is -0.378. The van der Waals surface area contributed by atoms with Crippen LogP contribution >= 0.6 is 0 Å². The van der Waals surface area contributed by atoms with Gasteiger partial charge < -0.3 is 14.6 Å². The first kappa shape index (κ1) is 12.4. The Morgan fingerprint density at radius 1 is 1.45 bits per heavy atom. The van der Waals surface area contributed by atoms with Crippen molar-refractivity contribution in [3.63, 3.8) is 0 Å². The van der Waals surface area contributed by atoms with Crippen LogP contribution in [-0.4, -0.2) is 45.8 Å². The van der Waals surface area contributed by atoms with E-state index in [1.54, 1.807) is 41.9 Å². The Balaban J connectivity index is 2.14. The molecule has 3 rings (SSSR count). The van der Waals surface area contributed by atoms with Gasteiger partial charge in [-0.15, -0.1) is 0 Å². The SMILES string of the molecule is CNc1cn2ccnc2c(N2CC(=O)NC(=O)C2C)n1. The van der Waals surface area contributed by atoms with Crippen LogP contribution in [0.25, 0.3) is 5.65 Å². The Kier molecular flexibility index (Phi) is 2.78. The highest BCUT2D eigenvalue weighted by molar-refractivity contribution is 6.04. The first-order valence-corrected chi connectivity index (χ1v) is 6.22. The third-order valence-electron chi connectivity index (χ3n) is 3.31. The summed E-state index contributed by atoms with van der Waals surface area (Å²) in [5.41, 5.74) is 0.610. The van der Waals surface area contributed by atoms with Crippen molar-refractivity contribution in [3.8, 4) is 0 Å². The summed E-state index contributed by atoms with van der Waals surface area (Å²) >= 11 is 0. The molecule has 0 aliphatic carbocycles. The summed E-state index contributed by atoms with van der Waals surface area (Å²) in [6.45, 7) is 1.81. The second-order valence-electron chi connectivity index (χ2n) is 4.57. The summed E-state index contributed by atoms with van der Waals surface area (Å²) < 4.78 is 1.80. The number of piperazine rings is 1. The molecule has 1 aliphatic rings. The third kappa shape index (κ3) is 1.85. The van der Waals surface area contributed by atoms with E-state index in [1.807, 2.05) is 0 Å². The summed E-state index contributed by atoms with van der Waals surface area (Å²) in [5.74, 6) is 0.478. The molecule has 1 saturated heterocycles. The van der Waals surface area contributed by atoms with E-state index in [4.69, 9.17) is 0 Å². The second kappa shape index (κ2) is 4.48. The number of rotatable bonds is 2. The number of imide groups is 1. The second-order valence-corrected chi connectivity index (χ2v) is 4.57. The number of nitrogens with one attached hydrogen (secondary N) is 2. The zero-order valence-corrected chi connectivity index (χ0v) is 11.1. The first-order chi connectivity index (χ1) is 9.60. The molecule has 20 heavy (non-hydrogen) atoms. The quantitative estimate of drug-likeness (QED) is 0.726. The third-order valence-corrected chi connectivity index (χ3v) is 3.31. The lowest BCUT2D eigenvalue weighted by Crippen LogP contribution is -2.57. The Morgan fingerprint density at radius 2 is 2.25 bits per heavy atom. The number of aromatic nitrogens is 3.